The number of carbonyl (C=O) groups excluding carboxylic acids is 1. The number of likely N-dealkylation sites (N-methyl/N-ethyl adjacent to an activating group) is 1. The first kappa shape index (κ1) is 15.7. The average molecular weight is 326 g/mol. The van der Waals surface area contributed by atoms with E-state index >= 15 is 0 Å². The molecule has 2 heterocycles. The molecule has 4 rings (SSSR count). The summed E-state index contributed by atoms with van der Waals surface area (Å²) in [5.74, 6) is 0.149. The van der Waals surface area contributed by atoms with E-state index in [1.165, 1.54) is 22.2 Å². The van der Waals surface area contributed by atoms with Crippen molar-refractivity contribution in [2.75, 3.05) is 39.8 Å². The van der Waals surface area contributed by atoms with Crippen LogP contribution in [0.1, 0.15) is 30.1 Å². The summed E-state index contributed by atoms with van der Waals surface area (Å²) in [5.41, 5.74) is 3.79. The van der Waals surface area contributed by atoms with Crippen LogP contribution in [0.2, 0.25) is 0 Å². The highest BCUT2D eigenvalue weighted by Gasteiger charge is 2.26. The number of piperazine rings is 1. The molecule has 1 atom stereocenters. The molecule has 1 amide bonds. The Kier molecular flexibility index (Phi) is 4.29. The zero-order chi connectivity index (χ0) is 16.5. The maximum Gasteiger partial charge on any atom is 0.234 e. The Balaban J connectivity index is 1.45. The SMILES string of the molecule is CN1CCN(CC(=O)NC2CCCc3c2[nH]c2ccccc32)CC1. The summed E-state index contributed by atoms with van der Waals surface area (Å²) in [5, 5.41) is 4.58. The first-order chi connectivity index (χ1) is 11.7. The van der Waals surface area contributed by atoms with E-state index in [1.807, 2.05) is 0 Å². The van der Waals surface area contributed by atoms with Crippen molar-refractivity contribution in [1.82, 2.24) is 20.1 Å². The highest BCUT2D eigenvalue weighted by Crippen LogP contribution is 2.34. The summed E-state index contributed by atoms with van der Waals surface area (Å²) in [6.07, 6.45) is 3.26. The van der Waals surface area contributed by atoms with Crippen molar-refractivity contribution in [3.8, 4) is 0 Å². The van der Waals surface area contributed by atoms with Gasteiger partial charge in [-0.2, -0.15) is 0 Å². The minimum absolute atomic E-state index is 0.126. The minimum Gasteiger partial charge on any atom is -0.356 e. The van der Waals surface area contributed by atoms with Crippen LogP contribution in [0.25, 0.3) is 10.9 Å². The molecule has 1 unspecified atom stereocenters. The van der Waals surface area contributed by atoms with Crippen molar-refractivity contribution >= 4 is 16.8 Å². The number of nitrogens with one attached hydrogen (secondary N) is 2. The highest BCUT2D eigenvalue weighted by molar-refractivity contribution is 5.85. The average Bonchev–Trinajstić information content (AvgIpc) is 2.97. The number of H-pyrrole nitrogens is 1. The number of aromatic nitrogens is 1. The summed E-state index contributed by atoms with van der Waals surface area (Å²) < 4.78 is 0. The number of benzene rings is 1. The molecule has 1 aromatic carbocycles. The van der Waals surface area contributed by atoms with Gasteiger partial charge >= 0.3 is 0 Å². The van der Waals surface area contributed by atoms with Crippen LogP contribution in [0.3, 0.4) is 0 Å². The lowest BCUT2D eigenvalue weighted by Gasteiger charge is -2.32. The fraction of sp³-hybridized carbons (Fsp3) is 0.526. The van der Waals surface area contributed by atoms with Gasteiger partial charge in [-0.3, -0.25) is 9.69 Å². The summed E-state index contributed by atoms with van der Waals surface area (Å²) in [4.78, 5) is 20.6. The molecular formula is C19H26N4O. The number of aromatic amines is 1. The lowest BCUT2D eigenvalue weighted by atomic mass is 9.91. The van der Waals surface area contributed by atoms with Crippen molar-refractivity contribution in [3.63, 3.8) is 0 Å². The number of fused-ring (bicyclic) bond motifs is 3. The van der Waals surface area contributed by atoms with Crippen LogP contribution in [-0.4, -0.2) is 60.5 Å². The number of hydrogen-bond donors (Lipinski definition) is 2. The van der Waals surface area contributed by atoms with E-state index in [4.69, 9.17) is 0 Å². The Morgan fingerprint density at radius 1 is 1.25 bits per heavy atom. The smallest absolute Gasteiger partial charge is 0.234 e. The number of rotatable bonds is 3. The zero-order valence-electron chi connectivity index (χ0n) is 14.3. The summed E-state index contributed by atoms with van der Waals surface area (Å²) in [6.45, 7) is 4.56. The second-order valence-corrected chi connectivity index (χ2v) is 7.15. The molecular weight excluding hydrogens is 300 g/mol. The van der Waals surface area contributed by atoms with Gasteiger partial charge in [0.15, 0.2) is 0 Å². The Morgan fingerprint density at radius 2 is 2.04 bits per heavy atom. The first-order valence-corrected chi connectivity index (χ1v) is 9.00. The molecule has 1 aromatic heterocycles. The first-order valence-electron chi connectivity index (χ1n) is 9.00. The van der Waals surface area contributed by atoms with Crippen LogP contribution in [-0.2, 0) is 11.2 Å². The van der Waals surface area contributed by atoms with Gasteiger partial charge in [-0.15, -0.1) is 0 Å². The Hall–Kier alpha value is -1.85. The molecule has 5 nitrogen and oxygen atoms in total. The largest absolute Gasteiger partial charge is 0.356 e. The predicted molar refractivity (Wildman–Crippen MR) is 96.1 cm³/mol. The maximum absolute atomic E-state index is 12.5. The molecule has 24 heavy (non-hydrogen) atoms. The van der Waals surface area contributed by atoms with Crippen LogP contribution in [0, 0.1) is 0 Å². The molecule has 2 aromatic rings. The van der Waals surface area contributed by atoms with E-state index in [9.17, 15) is 4.79 Å². The second kappa shape index (κ2) is 6.57. The number of aryl methyl sites for hydroxylation is 1. The number of hydrogen-bond acceptors (Lipinski definition) is 3. The molecule has 2 N–H and O–H groups in total. The van der Waals surface area contributed by atoms with Gasteiger partial charge in [0.05, 0.1) is 12.6 Å². The minimum atomic E-state index is 0.126. The number of amides is 1. The third-order valence-corrected chi connectivity index (χ3v) is 5.41. The molecule has 1 aliphatic carbocycles. The van der Waals surface area contributed by atoms with Gasteiger partial charge in [0, 0.05) is 42.8 Å². The molecule has 1 fully saturated rings. The third-order valence-electron chi connectivity index (χ3n) is 5.41. The van der Waals surface area contributed by atoms with Crippen LogP contribution in [0.15, 0.2) is 24.3 Å². The standard InChI is InChI=1S/C19H26N4O/c1-22-9-11-23(12-10-22)13-18(24)20-17-8-4-6-15-14-5-2-3-7-16(14)21-19(15)17/h2-3,5,7,17,21H,4,6,8-13H2,1H3,(H,20,24). The van der Waals surface area contributed by atoms with E-state index in [0.29, 0.717) is 6.54 Å². The van der Waals surface area contributed by atoms with E-state index in [-0.39, 0.29) is 11.9 Å². The van der Waals surface area contributed by atoms with Gasteiger partial charge in [0.1, 0.15) is 0 Å². The maximum atomic E-state index is 12.5. The molecule has 0 bridgehead atoms. The Bertz CT molecular complexity index is 730. The molecule has 0 saturated carbocycles. The van der Waals surface area contributed by atoms with Gasteiger partial charge in [0.25, 0.3) is 0 Å². The summed E-state index contributed by atoms with van der Waals surface area (Å²) in [6, 6.07) is 8.58. The van der Waals surface area contributed by atoms with Crippen LogP contribution < -0.4 is 5.32 Å². The fourth-order valence-electron chi connectivity index (χ4n) is 4.01. The monoisotopic (exact) mass is 326 g/mol. The second-order valence-electron chi connectivity index (χ2n) is 7.15. The number of carbonyl (C=O) groups is 1. The topological polar surface area (TPSA) is 51.4 Å². The third kappa shape index (κ3) is 3.06. The number of para-hydroxylation sites is 1. The van der Waals surface area contributed by atoms with Crippen LogP contribution in [0.4, 0.5) is 0 Å². The normalized spacial score (nSPS) is 22.5. The van der Waals surface area contributed by atoms with Crippen LogP contribution in [0.5, 0.6) is 0 Å². The molecule has 1 aliphatic heterocycles. The van der Waals surface area contributed by atoms with Gasteiger partial charge in [-0.1, -0.05) is 18.2 Å². The molecule has 0 spiro atoms. The van der Waals surface area contributed by atoms with Crippen molar-refractivity contribution in [1.29, 1.82) is 0 Å². The molecule has 128 valence electrons. The van der Waals surface area contributed by atoms with Crippen molar-refractivity contribution in [3.05, 3.63) is 35.5 Å². The number of nitrogens with zero attached hydrogens (tertiary/aromatic N) is 2. The Morgan fingerprint density at radius 3 is 2.88 bits per heavy atom. The summed E-state index contributed by atoms with van der Waals surface area (Å²) in [7, 11) is 2.14. The lowest BCUT2D eigenvalue weighted by Crippen LogP contribution is -2.48. The van der Waals surface area contributed by atoms with Gasteiger partial charge in [-0.05, 0) is 37.9 Å². The van der Waals surface area contributed by atoms with E-state index in [0.717, 1.165) is 45.4 Å². The highest BCUT2D eigenvalue weighted by atomic mass is 16.2. The van der Waals surface area contributed by atoms with Crippen molar-refractivity contribution in [2.45, 2.75) is 25.3 Å². The van der Waals surface area contributed by atoms with E-state index < -0.39 is 0 Å². The lowest BCUT2D eigenvalue weighted by molar-refractivity contribution is -0.123. The van der Waals surface area contributed by atoms with Gasteiger partial charge < -0.3 is 15.2 Å². The molecule has 5 heteroatoms. The van der Waals surface area contributed by atoms with Crippen LogP contribution >= 0.6 is 0 Å². The molecule has 2 aliphatic rings. The fourth-order valence-corrected chi connectivity index (χ4v) is 4.01. The zero-order valence-corrected chi connectivity index (χ0v) is 14.3. The molecule has 0 radical (unpaired) electrons. The quantitative estimate of drug-likeness (QED) is 0.906. The molecule has 1 saturated heterocycles. The van der Waals surface area contributed by atoms with Gasteiger partial charge in [-0.25, -0.2) is 0 Å². The van der Waals surface area contributed by atoms with Crippen molar-refractivity contribution in [2.24, 2.45) is 0 Å². The van der Waals surface area contributed by atoms with Crippen molar-refractivity contribution < 1.29 is 4.79 Å². The van der Waals surface area contributed by atoms with E-state index in [2.05, 4.69) is 51.4 Å². The van der Waals surface area contributed by atoms with E-state index in [1.54, 1.807) is 0 Å². The summed E-state index contributed by atoms with van der Waals surface area (Å²) >= 11 is 0. The predicted octanol–water partition coefficient (Wildman–Crippen LogP) is 1.91. The Labute approximate surface area is 143 Å². The van der Waals surface area contributed by atoms with Gasteiger partial charge in [0.2, 0.25) is 5.91 Å².